The molecule has 8 nitrogen and oxygen atoms in total. The number of aryl methyl sites for hydroxylation is 1. The lowest BCUT2D eigenvalue weighted by molar-refractivity contribution is 0.102. The number of thiophene rings is 1. The van der Waals surface area contributed by atoms with Gasteiger partial charge in [0.1, 0.15) is 19.0 Å². The van der Waals surface area contributed by atoms with E-state index in [1.165, 1.54) is 11.3 Å². The van der Waals surface area contributed by atoms with Gasteiger partial charge in [-0.2, -0.15) is 0 Å². The maximum absolute atomic E-state index is 13.2. The number of nitrogens with one attached hydrogen (secondary N) is 2. The standard InChI is InChI=1S/C32H27N3O5S/c1-20-5-8-24(34-31(36)22-7-10-27-28(16-22)40-15-14-39-27)18-26(20)35-32(37)30-17-21-6-9-25(19-29(21)41-30)38-13-11-23-4-2-3-12-33-23/h2-10,12,16-19H,11,13-15H2,1H3,(H,34,36)(H,35,37). The number of ether oxygens (including phenoxy) is 3. The fourth-order valence-corrected chi connectivity index (χ4v) is 5.43. The van der Waals surface area contributed by atoms with E-state index < -0.39 is 0 Å². The van der Waals surface area contributed by atoms with Crippen molar-refractivity contribution in [3.63, 3.8) is 0 Å². The maximum atomic E-state index is 13.2. The molecule has 5 aromatic rings. The predicted molar refractivity (Wildman–Crippen MR) is 160 cm³/mol. The number of aromatic nitrogens is 1. The highest BCUT2D eigenvalue weighted by atomic mass is 32.1. The van der Waals surface area contributed by atoms with E-state index in [0.717, 1.165) is 27.1 Å². The number of amides is 2. The summed E-state index contributed by atoms with van der Waals surface area (Å²) < 4.78 is 18.0. The Bertz CT molecular complexity index is 1730. The van der Waals surface area contributed by atoms with Crippen molar-refractivity contribution < 1.29 is 23.8 Å². The fourth-order valence-electron chi connectivity index (χ4n) is 4.44. The van der Waals surface area contributed by atoms with Crippen molar-refractivity contribution in [2.75, 3.05) is 30.5 Å². The Balaban J connectivity index is 1.11. The van der Waals surface area contributed by atoms with Crippen LogP contribution in [0.4, 0.5) is 11.4 Å². The summed E-state index contributed by atoms with van der Waals surface area (Å²) in [4.78, 5) is 31.0. The Morgan fingerprint density at radius 3 is 2.63 bits per heavy atom. The second-order valence-electron chi connectivity index (χ2n) is 9.53. The number of hydrogen-bond acceptors (Lipinski definition) is 7. The van der Waals surface area contributed by atoms with Crippen molar-refractivity contribution in [3.05, 3.63) is 107 Å². The molecule has 1 aliphatic rings. The molecule has 0 unspecified atom stereocenters. The number of carbonyl (C=O) groups excluding carboxylic acids is 2. The summed E-state index contributed by atoms with van der Waals surface area (Å²) in [6.45, 7) is 3.35. The van der Waals surface area contributed by atoms with Crippen molar-refractivity contribution >= 4 is 44.6 Å². The minimum atomic E-state index is -0.286. The Kier molecular flexibility index (Phi) is 7.51. The molecule has 0 atom stereocenters. The first-order chi connectivity index (χ1) is 20.0. The largest absolute Gasteiger partial charge is 0.493 e. The summed E-state index contributed by atoms with van der Waals surface area (Å²) in [5, 5.41) is 6.86. The molecule has 1 aliphatic heterocycles. The van der Waals surface area contributed by atoms with Crippen LogP contribution in [0.1, 0.15) is 31.3 Å². The van der Waals surface area contributed by atoms with E-state index in [1.807, 2.05) is 55.5 Å². The number of fused-ring (bicyclic) bond motifs is 2. The van der Waals surface area contributed by atoms with Gasteiger partial charge in [-0.25, -0.2) is 0 Å². The zero-order chi connectivity index (χ0) is 28.2. The highest BCUT2D eigenvalue weighted by Crippen LogP contribution is 2.32. The Hall–Kier alpha value is -4.89. The smallest absolute Gasteiger partial charge is 0.265 e. The van der Waals surface area contributed by atoms with Gasteiger partial charge in [-0.1, -0.05) is 12.1 Å². The molecular weight excluding hydrogens is 538 g/mol. The van der Waals surface area contributed by atoms with Gasteiger partial charge in [-0.15, -0.1) is 11.3 Å². The maximum Gasteiger partial charge on any atom is 0.265 e. The van der Waals surface area contributed by atoms with Crippen LogP contribution in [0.3, 0.4) is 0 Å². The van der Waals surface area contributed by atoms with Crippen molar-refractivity contribution in [2.24, 2.45) is 0 Å². The van der Waals surface area contributed by atoms with Gasteiger partial charge in [-0.3, -0.25) is 14.6 Å². The Morgan fingerprint density at radius 2 is 1.78 bits per heavy atom. The van der Waals surface area contributed by atoms with Gasteiger partial charge in [0.2, 0.25) is 0 Å². The molecule has 0 saturated heterocycles. The van der Waals surface area contributed by atoms with Crippen LogP contribution >= 0.6 is 11.3 Å². The van der Waals surface area contributed by atoms with Crippen LogP contribution in [0, 0.1) is 6.92 Å². The molecule has 0 bridgehead atoms. The number of pyridine rings is 1. The van der Waals surface area contributed by atoms with Crippen molar-refractivity contribution in [1.29, 1.82) is 0 Å². The van der Waals surface area contributed by atoms with E-state index >= 15 is 0 Å². The van der Waals surface area contributed by atoms with E-state index in [1.54, 1.807) is 36.5 Å². The van der Waals surface area contributed by atoms with Gasteiger partial charge < -0.3 is 24.8 Å². The normalized spacial score (nSPS) is 12.1. The van der Waals surface area contributed by atoms with Gasteiger partial charge in [-0.05, 0) is 84.6 Å². The van der Waals surface area contributed by atoms with Crippen LogP contribution in [0.5, 0.6) is 17.2 Å². The van der Waals surface area contributed by atoms with Crippen molar-refractivity contribution in [1.82, 2.24) is 4.98 Å². The first-order valence-electron chi connectivity index (χ1n) is 13.2. The molecule has 0 fully saturated rings. The average molecular weight is 566 g/mol. The second kappa shape index (κ2) is 11.7. The number of nitrogens with zero attached hydrogens (tertiary/aromatic N) is 1. The summed E-state index contributed by atoms with van der Waals surface area (Å²) in [6.07, 6.45) is 2.49. The summed E-state index contributed by atoms with van der Waals surface area (Å²) in [5.41, 5.74) is 3.48. The van der Waals surface area contributed by atoms with E-state index in [-0.39, 0.29) is 11.8 Å². The molecular formula is C32H27N3O5S. The summed E-state index contributed by atoms with van der Waals surface area (Å²) in [5.74, 6) is 1.42. The number of anilines is 2. The van der Waals surface area contributed by atoms with Gasteiger partial charge in [0.05, 0.1) is 11.5 Å². The molecule has 2 N–H and O–H groups in total. The van der Waals surface area contributed by atoms with E-state index in [4.69, 9.17) is 14.2 Å². The van der Waals surface area contributed by atoms with Gasteiger partial charge in [0.15, 0.2) is 11.5 Å². The number of carbonyl (C=O) groups is 2. The quantitative estimate of drug-likeness (QED) is 0.223. The third-order valence-electron chi connectivity index (χ3n) is 6.62. The topological polar surface area (TPSA) is 98.8 Å². The Labute approximate surface area is 240 Å². The van der Waals surface area contributed by atoms with Crippen molar-refractivity contribution in [2.45, 2.75) is 13.3 Å². The minimum absolute atomic E-state index is 0.220. The molecule has 41 heavy (non-hydrogen) atoms. The zero-order valence-electron chi connectivity index (χ0n) is 22.3. The first-order valence-corrected chi connectivity index (χ1v) is 14.0. The molecule has 0 aliphatic carbocycles. The predicted octanol–water partition coefficient (Wildman–Crippen LogP) is 6.50. The highest BCUT2D eigenvalue weighted by molar-refractivity contribution is 7.20. The van der Waals surface area contributed by atoms with Crippen LogP contribution in [-0.4, -0.2) is 36.6 Å². The van der Waals surface area contributed by atoms with E-state index in [0.29, 0.717) is 59.6 Å². The highest BCUT2D eigenvalue weighted by Gasteiger charge is 2.17. The molecule has 0 radical (unpaired) electrons. The van der Waals surface area contributed by atoms with Crippen molar-refractivity contribution in [3.8, 4) is 17.2 Å². The lowest BCUT2D eigenvalue weighted by atomic mass is 10.1. The fraction of sp³-hybridized carbons (Fsp3) is 0.156. The summed E-state index contributed by atoms with van der Waals surface area (Å²) >= 11 is 1.40. The number of rotatable bonds is 8. The Morgan fingerprint density at radius 1 is 0.902 bits per heavy atom. The van der Waals surface area contributed by atoms with Gasteiger partial charge >= 0.3 is 0 Å². The summed E-state index contributed by atoms with van der Waals surface area (Å²) in [6, 6.07) is 24.0. The molecule has 0 spiro atoms. The molecule has 6 rings (SSSR count). The first kappa shape index (κ1) is 26.3. The third-order valence-corrected chi connectivity index (χ3v) is 7.71. The molecule has 0 saturated carbocycles. The average Bonchev–Trinajstić information content (AvgIpc) is 3.43. The second-order valence-corrected chi connectivity index (χ2v) is 10.6. The molecule has 3 heterocycles. The van der Waals surface area contributed by atoms with Crippen LogP contribution < -0.4 is 24.8 Å². The monoisotopic (exact) mass is 565 g/mol. The van der Waals surface area contributed by atoms with Gasteiger partial charge in [0, 0.05) is 39.9 Å². The van der Waals surface area contributed by atoms with Crippen LogP contribution in [0.25, 0.3) is 10.1 Å². The van der Waals surface area contributed by atoms with Crippen LogP contribution in [0.15, 0.2) is 85.1 Å². The zero-order valence-corrected chi connectivity index (χ0v) is 23.1. The summed E-state index contributed by atoms with van der Waals surface area (Å²) in [7, 11) is 0. The number of hydrogen-bond donors (Lipinski definition) is 2. The van der Waals surface area contributed by atoms with E-state index in [2.05, 4.69) is 15.6 Å². The number of benzene rings is 3. The molecule has 206 valence electrons. The SMILES string of the molecule is Cc1ccc(NC(=O)c2ccc3c(c2)OCCO3)cc1NC(=O)c1cc2ccc(OCCc3ccccn3)cc2s1. The molecule has 2 amide bonds. The molecule has 2 aromatic heterocycles. The third kappa shape index (κ3) is 6.15. The van der Waals surface area contributed by atoms with Gasteiger partial charge in [0.25, 0.3) is 11.8 Å². The van der Waals surface area contributed by atoms with Crippen LogP contribution in [-0.2, 0) is 6.42 Å². The molecule has 3 aromatic carbocycles. The lowest BCUT2D eigenvalue weighted by Crippen LogP contribution is -2.17. The van der Waals surface area contributed by atoms with Crippen LogP contribution in [0.2, 0.25) is 0 Å². The lowest BCUT2D eigenvalue weighted by Gasteiger charge is -2.18. The minimum Gasteiger partial charge on any atom is -0.493 e. The van der Waals surface area contributed by atoms with E-state index in [9.17, 15) is 9.59 Å². The molecule has 9 heteroatoms.